The predicted molar refractivity (Wildman–Crippen MR) is 62.4 cm³/mol. The molecule has 0 saturated carbocycles. The number of nitrogens with two attached hydrogens (primary N) is 1. The average Bonchev–Trinajstić information content (AvgIpc) is 2.70. The predicted octanol–water partition coefficient (Wildman–Crippen LogP) is 3.18. The molecule has 0 radical (unpaired) electrons. The molecule has 1 heterocycles. The van der Waals surface area contributed by atoms with E-state index < -0.39 is 0 Å². The summed E-state index contributed by atoms with van der Waals surface area (Å²) in [6.45, 7) is 2.73. The van der Waals surface area contributed by atoms with Gasteiger partial charge in [-0.25, -0.2) is 0 Å². The zero-order chi connectivity index (χ0) is 9.97. The van der Waals surface area contributed by atoms with Gasteiger partial charge in [-0.15, -0.1) is 11.3 Å². The Morgan fingerprint density at radius 2 is 2.14 bits per heavy atom. The number of hydrogen-bond acceptors (Lipinski definition) is 2. The summed E-state index contributed by atoms with van der Waals surface area (Å²) < 4.78 is 0. The van der Waals surface area contributed by atoms with Crippen LogP contribution in [0.15, 0.2) is 35.7 Å². The fraction of sp³-hybridized carbons (Fsp3) is 0.167. The molecular weight excluding hydrogens is 190 g/mol. The zero-order valence-corrected chi connectivity index (χ0v) is 8.97. The van der Waals surface area contributed by atoms with E-state index in [1.165, 1.54) is 21.6 Å². The minimum atomic E-state index is 0.622. The second kappa shape index (κ2) is 3.95. The molecule has 0 aliphatic carbocycles. The van der Waals surface area contributed by atoms with Gasteiger partial charge in [0.05, 0.1) is 0 Å². The van der Waals surface area contributed by atoms with Gasteiger partial charge in [-0.05, 0) is 35.1 Å². The molecular formula is C12H13NS. The van der Waals surface area contributed by atoms with Crippen molar-refractivity contribution in [3.8, 4) is 10.4 Å². The summed E-state index contributed by atoms with van der Waals surface area (Å²) in [6, 6.07) is 10.7. The topological polar surface area (TPSA) is 26.0 Å². The molecule has 0 fully saturated rings. The third-order valence-electron chi connectivity index (χ3n) is 2.37. The van der Waals surface area contributed by atoms with Crippen LogP contribution < -0.4 is 5.73 Å². The first-order valence-corrected chi connectivity index (χ1v) is 5.52. The van der Waals surface area contributed by atoms with E-state index >= 15 is 0 Å². The monoisotopic (exact) mass is 203 g/mol. The van der Waals surface area contributed by atoms with Crippen LogP contribution >= 0.6 is 11.3 Å². The number of aryl methyl sites for hydroxylation is 1. The summed E-state index contributed by atoms with van der Waals surface area (Å²) in [6.07, 6.45) is 0. The Morgan fingerprint density at radius 1 is 1.29 bits per heavy atom. The quantitative estimate of drug-likeness (QED) is 0.797. The molecule has 0 aliphatic rings. The van der Waals surface area contributed by atoms with E-state index in [1.54, 1.807) is 11.3 Å². The van der Waals surface area contributed by atoms with Gasteiger partial charge in [0.1, 0.15) is 0 Å². The highest BCUT2D eigenvalue weighted by molar-refractivity contribution is 7.13. The number of hydrogen-bond donors (Lipinski definition) is 1. The van der Waals surface area contributed by atoms with Gasteiger partial charge in [0.2, 0.25) is 0 Å². The van der Waals surface area contributed by atoms with Crippen molar-refractivity contribution in [1.82, 2.24) is 0 Å². The molecule has 1 nitrogen and oxygen atoms in total. The summed E-state index contributed by atoms with van der Waals surface area (Å²) in [5.41, 5.74) is 9.41. The smallest absolute Gasteiger partial charge is 0.0342 e. The Bertz CT molecular complexity index is 418. The van der Waals surface area contributed by atoms with Crippen molar-refractivity contribution < 1.29 is 0 Å². The van der Waals surface area contributed by atoms with Crippen LogP contribution in [0.5, 0.6) is 0 Å². The number of benzene rings is 1. The lowest BCUT2D eigenvalue weighted by Crippen LogP contribution is -1.98. The molecule has 0 atom stereocenters. The van der Waals surface area contributed by atoms with Gasteiger partial charge >= 0.3 is 0 Å². The van der Waals surface area contributed by atoms with E-state index in [1.807, 2.05) is 0 Å². The van der Waals surface area contributed by atoms with Crippen LogP contribution in [-0.2, 0) is 6.54 Å². The first-order chi connectivity index (χ1) is 6.81. The zero-order valence-electron chi connectivity index (χ0n) is 8.16. The second-order valence-corrected chi connectivity index (χ2v) is 4.27. The lowest BCUT2D eigenvalue weighted by molar-refractivity contribution is 1.05. The third kappa shape index (κ3) is 1.72. The maximum Gasteiger partial charge on any atom is 0.0342 e. The van der Waals surface area contributed by atoms with Gasteiger partial charge in [0.25, 0.3) is 0 Å². The normalized spacial score (nSPS) is 10.4. The molecule has 2 N–H and O–H groups in total. The van der Waals surface area contributed by atoms with Gasteiger partial charge in [0.15, 0.2) is 0 Å². The van der Waals surface area contributed by atoms with E-state index in [9.17, 15) is 0 Å². The molecule has 72 valence electrons. The highest BCUT2D eigenvalue weighted by atomic mass is 32.1. The molecule has 0 spiro atoms. The van der Waals surface area contributed by atoms with E-state index in [4.69, 9.17) is 5.73 Å². The summed E-state index contributed by atoms with van der Waals surface area (Å²) in [7, 11) is 0. The molecule has 1 aromatic heterocycles. The summed E-state index contributed by atoms with van der Waals surface area (Å²) in [5, 5.41) is 2.10. The van der Waals surface area contributed by atoms with E-state index in [0.717, 1.165) is 0 Å². The lowest BCUT2D eigenvalue weighted by Gasteiger charge is -2.04. The number of thiophene rings is 1. The molecule has 2 heteroatoms. The molecule has 2 aromatic rings. The van der Waals surface area contributed by atoms with Crippen LogP contribution in [0.2, 0.25) is 0 Å². The lowest BCUT2D eigenvalue weighted by atomic mass is 10.0. The SMILES string of the molecule is Cc1cc(-c2cccs2)ccc1CN. The number of rotatable bonds is 2. The van der Waals surface area contributed by atoms with Gasteiger partial charge in [0, 0.05) is 11.4 Å². The molecule has 0 unspecified atom stereocenters. The first kappa shape index (κ1) is 9.44. The van der Waals surface area contributed by atoms with Crippen molar-refractivity contribution in [2.24, 2.45) is 5.73 Å². The van der Waals surface area contributed by atoms with Crippen molar-refractivity contribution in [2.45, 2.75) is 13.5 Å². The largest absolute Gasteiger partial charge is 0.326 e. The first-order valence-electron chi connectivity index (χ1n) is 4.65. The van der Waals surface area contributed by atoms with E-state index in [2.05, 4.69) is 42.6 Å². The van der Waals surface area contributed by atoms with Crippen LogP contribution in [0.1, 0.15) is 11.1 Å². The van der Waals surface area contributed by atoms with Gasteiger partial charge < -0.3 is 5.73 Å². The summed E-state index contributed by atoms with van der Waals surface area (Å²) in [5.74, 6) is 0. The van der Waals surface area contributed by atoms with Crippen LogP contribution in [0.3, 0.4) is 0 Å². The van der Waals surface area contributed by atoms with Crippen molar-refractivity contribution in [3.63, 3.8) is 0 Å². The molecule has 0 aliphatic heterocycles. The van der Waals surface area contributed by atoms with Crippen molar-refractivity contribution in [2.75, 3.05) is 0 Å². The Balaban J connectivity index is 2.43. The molecule has 14 heavy (non-hydrogen) atoms. The Hall–Kier alpha value is -1.12. The Kier molecular flexibility index (Phi) is 2.66. The molecule has 1 aromatic carbocycles. The molecule has 2 rings (SSSR count). The maximum absolute atomic E-state index is 5.62. The highest BCUT2D eigenvalue weighted by Gasteiger charge is 2.01. The fourth-order valence-corrected chi connectivity index (χ4v) is 2.24. The van der Waals surface area contributed by atoms with Gasteiger partial charge in [-0.2, -0.15) is 0 Å². The standard InChI is InChI=1S/C12H13NS/c1-9-7-10(4-5-11(9)8-13)12-3-2-6-14-12/h2-7H,8,13H2,1H3. The van der Waals surface area contributed by atoms with Gasteiger partial charge in [-0.1, -0.05) is 24.3 Å². The minimum absolute atomic E-state index is 0.622. The second-order valence-electron chi connectivity index (χ2n) is 3.32. The van der Waals surface area contributed by atoms with Gasteiger partial charge in [-0.3, -0.25) is 0 Å². The summed E-state index contributed by atoms with van der Waals surface area (Å²) in [4.78, 5) is 1.32. The van der Waals surface area contributed by atoms with Crippen LogP contribution in [-0.4, -0.2) is 0 Å². The third-order valence-corrected chi connectivity index (χ3v) is 3.29. The van der Waals surface area contributed by atoms with Crippen LogP contribution in [0.4, 0.5) is 0 Å². The van der Waals surface area contributed by atoms with Crippen molar-refractivity contribution in [1.29, 1.82) is 0 Å². The molecule has 0 amide bonds. The average molecular weight is 203 g/mol. The van der Waals surface area contributed by atoms with Crippen LogP contribution in [0.25, 0.3) is 10.4 Å². The van der Waals surface area contributed by atoms with Crippen LogP contribution in [0, 0.1) is 6.92 Å². The van der Waals surface area contributed by atoms with E-state index in [-0.39, 0.29) is 0 Å². The minimum Gasteiger partial charge on any atom is -0.326 e. The molecule has 0 bridgehead atoms. The Labute approximate surface area is 88.2 Å². The van der Waals surface area contributed by atoms with Crippen molar-refractivity contribution in [3.05, 3.63) is 46.8 Å². The van der Waals surface area contributed by atoms with E-state index in [0.29, 0.717) is 6.54 Å². The Morgan fingerprint density at radius 3 is 2.71 bits per heavy atom. The summed E-state index contributed by atoms with van der Waals surface area (Å²) >= 11 is 1.77. The fourth-order valence-electron chi connectivity index (χ4n) is 1.52. The highest BCUT2D eigenvalue weighted by Crippen LogP contribution is 2.26. The molecule has 0 saturated heterocycles. The van der Waals surface area contributed by atoms with Crippen molar-refractivity contribution >= 4 is 11.3 Å². The maximum atomic E-state index is 5.62.